The number of hydrogen-bond donors (Lipinski definition) is 1. The Morgan fingerprint density at radius 3 is 2.70 bits per heavy atom. The molecular formula is C16H30N2OS. The third kappa shape index (κ3) is 3.33. The standard InChI is InChI=1S/C16H30N2OS/c1-5-12-16(19)18(15(17-12)10-11(3)4)13-8-7-9-14(13)20-6-2/h11-15,17H,5-10H2,1-4H3. The minimum Gasteiger partial charge on any atom is -0.322 e. The van der Waals surface area contributed by atoms with Gasteiger partial charge in [0.2, 0.25) is 5.91 Å². The van der Waals surface area contributed by atoms with Crippen molar-refractivity contribution in [2.24, 2.45) is 5.92 Å². The Kier molecular flexibility index (Phi) is 5.79. The monoisotopic (exact) mass is 298 g/mol. The van der Waals surface area contributed by atoms with Crippen LogP contribution in [0.5, 0.6) is 0 Å². The zero-order chi connectivity index (χ0) is 14.7. The number of nitrogens with one attached hydrogen (secondary N) is 1. The lowest BCUT2D eigenvalue weighted by Crippen LogP contribution is -2.47. The summed E-state index contributed by atoms with van der Waals surface area (Å²) in [5, 5.41) is 4.23. The highest BCUT2D eigenvalue weighted by molar-refractivity contribution is 7.99. The lowest BCUT2D eigenvalue weighted by Gasteiger charge is -2.34. The van der Waals surface area contributed by atoms with Gasteiger partial charge in [-0.2, -0.15) is 11.8 Å². The molecule has 1 heterocycles. The second-order valence-electron chi connectivity index (χ2n) is 6.51. The topological polar surface area (TPSA) is 32.3 Å². The fourth-order valence-corrected chi connectivity index (χ4v) is 4.92. The molecular weight excluding hydrogens is 268 g/mol. The molecule has 1 saturated heterocycles. The molecule has 0 bridgehead atoms. The molecule has 4 atom stereocenters. The molecule has 0 radical (unpaired) electrons. The van der Waals surface area contributed by atoms with Gasteiger partial charge < -0.3 is 4.90 Å². The van der Waals surface area contributed by atoms with E-state index in [2.05, 4.69) is 37.9 Å². The second-order valence-corrected chi connectivity index (χ2v) is 8.03. The molecule has 1 saturated carbocycles. The van der Waals surface area contributed by atoms with Crippen molar-refractivity contribution in [3.8, 4) is 0 Å². The summed E-state index contributed by atoms with van der Waals surface area (Å²) in [6.45, 7) is 8.83. The minimum absolute atomic E-state index is 0.0478. The Morgan fingerprint density at radius 1 is 1.35 bits per heavy atom. The Balaban J connectivity index is 2.14. The van der Waals surface area contributed by atoms with Crippen molar-refractivity contribution in [3.05, 3.63) is 0 Å². The maximum Gasteiger partial charge on any atom is 0.241 e. The number of amides is 1. The van der Waals surface area contributed by atoms with Crippen molar-refractivity contribution in [2.45, 2.75) is 83.3 Å². The van der Waals surface area contributed by atoms with Crippen molar-refractivity contribution >= 4 is 17.7 Å². The van der Waals surface area contributed by atoms with E-state index in [1.807, 2.05) is 11.8 Å². The molecule has 3 nitrogen and oxygen atoms in total. The molecule has 1 N–H and O–H groups in total. The normalized spacial score (nSPS) is 34.5. The van der Waals surface area contributed by atoms with Crippen LogP contribution in [0.15, 0.2) is 0 Å². The van der Waals surface area contributed by atoms with Crippen molar-refractivity contribution in [1.82, 2.24) is 10.2 Å². The highest BCUT2D eigenvalue weighted by Crippen LogP contribution is 2.36. The molecule has 0 aromatic rings. The number of hydrogen-bond acceptors (Lipinski definition) is 3. The number of carbonyl (C=O) groups is 1. The van der Waals surface area contributed by atoms with Crippen LogP contribution < -0.4 is 5.32 Å². The van der Waals surface area contributed by atoms with Crippen LogP contribution in [-0.4, -0.2) is 40.1 Å². The molecule has 1 amide bonds. The molecule has 4 unspecified atom stereocenters. The van der Waals surface area contributed by atoms with E-state index < -0.39 is 0 Å². The van der Waals surface area contributed by atoms with Crippen LogP contribution in [-0.2, 0) is 4.79 Å². The minimum atomic E-state index is 0.0478. The summed E-state index contributed by atoms with van der Waals surface area (Å²) >= 11 is 2.04. The SMILES string of the molecule is CCSC1CCCC1N1C(=O)C(CC)NC1CC(C)C. The summed E-state index contributed by atoms with van der Waals surface area (Å²) in [5.74, 6) is 2.13. The van der Waals surface area contributed by atoms with Crippen LogP contribution in [0.3, 0.4) is 0 Å². The van der Waals surface area contributed by atoms with E-state index in [0.717, 1.165) is 18.6 Å². The molecule has 0 aromatic heterocycles. The second kappa shape index (κ2) is 7.17. The Bertz CT molecular complexity index is 334. The van der Waals surface area contributed by atoms with E-state index >= 15 is 0 Å². The van der Waals surface area contributed by atoms with Gasteiger partial charge in [-0.15, -0.1) is 0 Å². The molecule has 2 rings (SSSR count). The molecule has 0 spiro atoms. The van der Waals surface area contributed by atoms with Gasteiger partial charge in [-0.1, -0.05) is 34.1 Å². The zero-order valence-electron chi connectivity index (χ0n) is 13.4. The van der Waals surface area contributed by atoms with E-state index in [0.29, 0.717) is 23.1 Å². The maximum atomic E-state index is 12.7. The highest BCUT2D eigenvalue weighted by Gasteiger charge is 2.45. The Hall–Kier alpha value is -0.220. The third-order valence-electron chi connectivity index (χ3n) is 4.54. The first-order valence-electron chi connectivity index (χ1n) is 8.28. The summed E-state index contributed by atoms with van der Waals surface area (Å²) in [6.07, 6.45) is 5.98. The summed E-state index contributed by atoms with van der Waals surface area (Å²) < 4.78 is 0. The average Bonchev–Trinajstić information content (AvgIpc) is 2.94. The van der Waals surface area contributed by atoms with Gasteiger partial charge in [-0.25, -0.2) is 0 Å². The highest BCUT2D eigenvalue weighted by atomic mass is 32.2. The van der Waals surface area contributed by atoms with E-state index in [9.17, 15) is 4.79 Å². The summed E-state index contributed by atoms with van der Waals surface area (Å²) in [6, 6.07) is 0.506. The predicted molar refractivity (Wildman–Crippen MR) is 86.9 cm³/mol. The van der Waals surface area contributed by atoms with Crippen LogP contribution in [0, 0.1) is 5.92 Å². The smallest absolute Gasteiger partial charge is 0.241 e. The fourth-order valence-electron chi connectivity index (χ4n) is 3.67. The zero-order valence-corrected chi connectivity index (χ0v) is 14.2. The maximum absolute atomic E-state index is 12.7. The van der Waals surface area contributed by atoms with Gasteiger partial charge in [0.1, 0.15) is 0 Å². The van der Waals surface area contributed by atoms with Crippen LogP contribution in [0.1, 0.15) is 59.8 Å². The van der Waals surface area contributed by atoms with Gasteiger partial charge in [0.15, 0.2) is 0 Å². The number of rotatable bonds is 6. The van der Waals surface area contributed by atoms with Crippen molar-refractivity contribution in [3.63, 3.8) is 0 Å². The van der Waals surface area contributed by atoms with E-state index in [1.165, 1.54) is 19.3 Å². The van der Waals surface area contributed by atoms with Gasteiger partial charge in [0.05, 0.1) is 12.2 Å². The van der Waals surface area contributed by atoms with Gasteiger partial charge in [-0.05, 0) is 37.4 Å². The first kappa shape index (κ1) is 16.2. The van der Waals surface area contributed by atoms with E-state index in [1.54, 1.807) is 0 Å². The van der Waals surface area contributed by atoms with Crippen molar-refractivity contribution in [2.75, 3.05) is 5.75 Å². The molecule has 2 fully saturated rings. The summed E-state index contributed by atoms with van der Waals surface area (Å²) in [4.78, 5) is 15.0. The van der Waals surface area contributed by atoms with Gasteiger partial charge in [0, 0.05) is 11.3 Å². The van der Waals surface area contributed by atoms with Crippen LogP contribution >= 0.6 is 11.8 Å². The Labute approximate surface area is 128 Å². The van der Waals surface area contributed by atoms with Crippen molar-refractivity contribution in [1.29, 1.82) is 0 Å². The molecule has 0 aromatic carbocycles. The first-order chi connectivity index (χ1) is 9.58. The van der Waals surface area contributed by atoms with Crippen molar-refractivity contribution < 1.29 is 4.79 Å². The van der Waals surface area contributed by atoms with Crippen LogP contribution in [0.2, 0.25) is 0 Å². The molecule has 1 aliphatic heterocycles. The number of carbonyl (C=O) groups excluding carboxylic acids is 1. The number of nitrogens with zero attached hydrogens (tertiary/aromatic N) is 1. The van der Waals surface area contributed by atoms with Crippen LogP contribution in [0.25, 0.3) is 0 Å². The lowest BCUT2D eigenvalue weighted by molar-refractivity contribution is -0.132. The van der Waals surface area contributed by atoms with Gasteiger partial charge in [-0.3, -0.25) is 10.1 Å². The van der Waals surface area contributed by atoms with E-state index in [4.69, 9.17) is 0 Å². The average molecular weight is 298 g/mol. The summed E-state index contributed by atoms with van der Waals surface area (Å²) in [7, 11) is 0. The van der Waals surface area contributed by atoms with Gasteiger partial charge >= 0.3 is 0 Å². The van der Waals surface area contributed by atoms with Crippen LogP contribution in [0.4, 0.5) is 0 Å². The quantitative estimate of drug-likeness (QED) is 0.817. The number of thioether (sulfide) groups is 1. The summed E-state index contributed by atoms with van der Waals surface area (Å²) in [5.41, 5.74) is 0. The molecule has 2 aliphatic rings. The molecule has 4 heteroatoms. The predicted octanol–water partition coefficient (Wildman–Crippen LogP) is 3.24. The Morgan fingerprint density at radius 2 is 2.10 bits per heavy atom. The largest absolute Gasteiger partial charge is 0.322 e. The fraction of sp³-hybridized carbons (Fsp3) is 0.938. The molecule has 116 valence electrons. The van der Waals surface area contributed by atoms with Gasteiger partial charge in [0.25, 0.3) is 0 Å². The first-order valence-corrected chi connectivity index (χ1v) is 9.33. The third-order valence-corrected chi connectivity index (χ3v) is 5.85. The molecule has 1 aliphatic carbocycles. The lowest BCUT2D eigenvalue weighted by atomic mass is 10.1. The molecule has 20 heavy (non-hydrogen) atoms. The van der Waals surface area contributed by atoms with E-state index in [-0.39, 0.29) is 12.2 Å².